The molecule has 0 saturated heterocycles. The van der Waals surface area contributed by atoms with Crippen LogP contribution in [0.2, 0.25) is 0 Å². The van der Waals surface area contributed by atoms with Gasteiger partial charge in [0, 0.05) is 11.5 Å². The summed E-state index contributed by atoms with van der Waals surface area (Å²) in [7, 11) is 1.46. The Labute approximate surface area is 170 Å². The van der Waals surface area contributed by atoms with Crippen molar-refractivity contribution in [2.45, 2.75) is 5.92 Å². The van der Waals surface area contributed by atoms with Gasteiger partial charge in [0.15, 0.2) is 0 Å². The Morgan fingerprint density at radius 1 is 0.759 bits per heavy atom. The molecular weight excluding hydrogens is 356 g/mol. The molecule has 0 saturated carbocycles. The van der Waals surface area contributed by atoms with Crippen LogP contribution in [0.3, 0.4) is 0 Å². The van der Waals surface area contributed by atoms with E-state index in [0.29, 0.717) is 5.57 Å². The predicted molar refractivity (Wildman–Crippen MR) is 117 cm³/mol. The Bertz CT molecular complexity index is 1240. The minimum atomic E-state index is -0.280. The van der Waals surface area contributed by atoms with Gasteiger partial charge in [0.25, 0.3) is 0 Å². The van der Waals surface area contributed by atoms with Gasteiger partial charge in [-0.3, -0.25) is 0 Å². The lowest BCUT2D eigenvalue weighted by molar-refractivity contribution is -0.136. The van der Waals surface area contributed by atoms with E-state index in [2.05, 4.69) is 54.6 Å². The van der Waals surface area contributed by atoms with Crippen LogP contribution in [-0.4, -0.2) is 13.1 Å². The highest BCUT2D eigenvalue weighted by molar-refractivity contribution is 6.10. The minimum Gasteiger partial charge on any atom is -0.466 e. The highest BCUT2D eigenvalue weighted by Gasteiger charge is 2.38. The molecule has 2 nitrogen and oxygen atoms in total. The van der Waals surface area contributed by atoms with Crippen LogP contribution in [0.4, 0.5) is 0 Å². The molecule has 1 aliphatic carbocycles. The number of carbonyl (C=O) groups excluding carboxylic acids is 1. The summed E-state index contributed by atoms with van der Waals surface area (Å²) in [5.41, 5.74) is 6.07. The smallest absolute Gasteiger partial charge is 0.335 e. The zero-order valence-corrected chi connectivity index (χ0v) is 16.1. The highest BCUT2D eigenvalue weighted by atomic mass is 16.5. The molecule has 0 heterocycles. The Morgan fingerprint density at radius 2 is 1.41 bits per heavy atom. The maximum absolute atomic E-state index is 13.1. The summed E-state index contributed by atoms with van der Waals surface area (Å²) < 4.78 is 5.28. The van der Waals surface area contributed by atoms with E-state index < -0.39 is 0 Å². The lowest BCUT2D eigenvalue weighted by Crippen LogP contribution is -2.13. The number of carbonyl (C=O) groups is 1. The monoisotopic (exact) mass is 376 g/mol. The van der Waals surface area contributed by atoms with Gasteiger partial charge in [-0.25, -0.2) is 4.79 Å². The lowest BCUT2D eigenvalue weighted by atomic mass is 9.85. The van der Waals surface area contributed by atoms with Gasteiger partial charge in [0.1, 0.15) is 0 Å². The molecule has 140 valence electrons. The van der Waals surface area contributed by atoms with Crippen molar-refractivity contribution in [3.63, 3.8) is 0 Å². The van der Waals surface area contributed by atoms with Crippen LogP contribution < -0.4 is 0 Å². The van der Waals surface area contributed by atoms with Gasteiger partial charge in [-0.15, -0.1) is 0 Å². The van der Waals surface area contributed by atoms with Crippen LogP contribution in [0.1, 0.15) is 28.2 Å². The summed E-state index contributed by atoms with van der Waals surface area (Å²) in [6.45, 7) is 0. The molecule has 0 bridgehead atoms. The van der Waals surface area contributed by atoms with Crippen molar-refractivity contribution in [1.29, 1.82) is 0 Å². The van der Waals surface area contributed by atoms with Crippen LogP contribution in [0.5, 0.6) is 0 Å². The SMILES string of the molecule is COC(=O)C1=C(c2ccccc2)c2ccc3ccccc3c2[C@@H]1c1ccccc1. The molecule has 0 spiro atoms. The summed E-state index contributed by atoms with van der Waals surface area (Å²) in [6.07, 6.45) is 0. The van der Waals surface area contributed by atoms with Gasteiger partial charge < -0.3 is 4.74 Å². The van der Waals surface area contributed by atoms with Crippen LogP contribution in [0.25, 0.3) is 16.3 Å². The van der Waals surface area contributed by atoms with E-state index in [4.69, 9.17) is 4.74 Å². The normalized spacial score (nSPS) is 15.4. The van der Waals surface area contributed by atoms with Crippen molar-refractivity contribution < 1.29 is 9.53 Å². The van der Waals surface area contributed by atoms with Gasteiger partial charge >= 0.3 is 5.97 Å². The van der Waals surface area contributed by atoms with Crippen LogP contribution >= 0.6 is 0 Å². The standard InChI is InChI=1S/C27H20O2/c1-29-27(28)26-23(19-11-4-2-5-12-19)22-17-16-18-10-8-9-15-21(18)25(22)24(26)20-13-6-3-7-14-20/h2-17,24H,1H3/t24-/m0/s1. The molecule has 1 aliphatic rings. The first-order valence-corrected chi connectivity index (χ1v) is 9.74. The van der Waals surface area contributed by atoms with Crippen molar-refractivity contribution in [2.75, 3.05) is 7.11 Å². The van der Waals surface area contributed by atoms with E-state index in [1.54, 1.807) is 0 Å². The fraction of sp³-hybridized carbons (Fsp3) is 0.0741. The molecule has 0 aromatic heterocycles. The third kappa shape index (κ3) is 2.76. The van der Waals surface area contributed by atoms with Crippen LogP contribution in [-0.2, 0) is 9.53 Å². The number of benzene rings is 4. The molecule has 0 fully saturated rings. The molecule has 0 unspecified atom stereocenters. The highest BCUT2D eigenvalue weighted by Crippen LogP contribution is 2.50. The largest absolute Gasteiger partial charge is 0.466 e. The molecular formula is C27H20O2. The second-order valence-corrected chi connectivity index (χ2v) is 7.24. The van der Waals surface area contributed by atoms with Gasteiger partial charge in [0.05, 0.1) is 12.7 Å². The molecule has 0 N–H and O–H groups in total. The van der Waals surface area contributed by atoms with Gasteiger partial charge in [-0.2, -0.15) is 0 Å². The third-order valence-corrected chi connectivity index (χ3v) is 5.69. The van der Waals surface area contributed by atoms with E-state index >= 15 is 0 Å². The first kappa shape index (κ1) is 17.4. The third-order valence-electron chi connectivity index (χ3n) is 5.69. The molecule has 2 heteroatoms. The molecule has 0 radical (unpaired) electrons. The predicted octanol–water partition coefficient (Wildman–Crippen LogP) is 5.96. The van der Waals surface area contributed by atoms with Crippen LogP contribution in [0, 0.1) is 0 Å². The van der Waals surface area contributed by atoms with E-state index in [0.717, 1.165) is 22.3 Å². The lowest BCUT2D eigenvalue weighted by Gasteiger charge is -2.18. The second kappa shape index (κ2) is 7.06. The number of fused-ring (bicyclic) bond motifs is 3. The fourth-order valence-corrected chi connectivity index (χ4v) is 4.48. The molecule has 0 aliphatic heterocycles. The number of methoxy groups -OCH3 is 1. The van der Waals surface area contributed by atoms with Crippen molar-refractivity contribution in [3.8, 4) is 0 Å². The van der Waals surface area contributed by atoms with Gasteiger partial charge in [0.2, 0.25) is 0 Å². The molecule has 1 atom stereocenters. The van der Waals surface area contributed by atoms with Crippen molar-refractivity contribution >= 4 is 22.3 Å². The number of ether oxygens (including phenoxy) is 1. The van der Waals surface area contributed by atoms with Crippen molar-refractivity contribution in [1.82, 2.24) is 0 Å². The zero-order valence-electron chi connectivity index (χ0n) is 16.1. The summed E-state index contributed by atoms with van der Waals surface area (Å²) in [5, 5.41) is 2.34. The van der Waals surface area contributed by atoms with Crippen molar-refractivity contribution in [2.24, 2.45) is 0 Å². The number of hydrogen-bond acceptors (Lipinski definition) is 2. The molecule has 29 heavy (non-hydrogen) atoms. The van der Waals surface area contributed by atoms with Crippen molar-refractivity contribution in [3.05, 3.63) is 125 Å². The Hall–Kier alpha value is -3.65. The summed E-state index contributed by atoms with van der Waals surface area (Å²) in [4.78, 5) is 13.1. The van der Waals surface area contributed by atoms with Crippen LogP contribution in [0.15, 0.2) is 103 Å². The zero-order chi connectivity index (χ0) is 19.8. The number of hydrogen-bond donors (Lipinski definition) is 0. The Balaban J connectivity index is 1.91. The van der Waals surface area contributed by atoms with E-state index in [-0.39, 0.29) is 11.9 Å². The molecule has 4 aromatic rings. The maximum Gasteiger partial charge on any atom is 0.335 e. The summed E-state index contributed by atoms with van der Waals surface area (Å²) in [5.74, 6) is -0.446. The van der Waals surface area contributed by atoms with E-state index in [1.165, 1.54) is 23.4 Å². The molecule has 5 rings (SSSR count). The molecule has 4 aromatic carbocycles. The first-order chi connectivity index (χ1) is 14.3. The number of esters is 1. The topological polar surface area (TPSA) is 26.3 Å². The fourth-order valence-electron chi connectivity index (χ4n) is 4.48. The first-order valence-electron chi connectivity index (χ1n) is 9.74. The quantitative estimate of drug-likeness (QED) is 0.412. The van der Waals surface area contributed by atoms with E-state index in [1.807, 2.05) is 42.5 Å². The Morgan fingerprint density at radius 3 is 2.14 bits per heavy atom. The Kier molecular flexibility index (Phi) is 4.25. The van der Waals surface area contributed by atoms with E-state index in [9.17, 15) is 4.79 Å². The average molecular weight is 376 g/mol. The average Bonchev–Trinajstić information content (AvgIpc) is 3.15. The second-order valence-electron chi connectivity index (χ2n) is 7.24. The number of rotatable bonds is 3. The molecule has 0 amide bonds. The summed E-state index contributed by atoms with van der Waals surface area (Å²) >= 11 is 0. The van der Waals surface area contributed by atoms with Gasteiger partial charge in [-0.05, 0) is 33.0 Å². The minimum absolute atomic E-state index is 0.167. The van der Waals surface area contributed by atoms with Gasteiger partial charge in [-0.1, -0.05) is 97.1 Å². The summed E-state index contributed by atoms with van der Waals surface area (Å²) in [6, 6.07) is 33.0. The maximum atomic E-state index is 13.1.